The highest BCUT2D eigenvalue weighted by molar-refractivity contribution is 5.79. The summed E-state index contributed by atoms with van der Waals surface area (Å²) in [5.41, 5.74) is 0.463. The fourth-order valence-corrected chi connectivity index (χ4v) is 3.28. The highest BCUT2D eigenvalue weighted by Crippen LogP contribution is 2.43. The second-order valence-electron chi connectivity index (χ2n) is 7.29. The first-order valence-electron chi connectivity index (χ1n) is 9.18. The van der Waals surface area contributed by atoms with Gasteiger partial charge in [-0.3, -0.25) is 4.99 Å². The van der Waals surface area contributed by atoms with Gasteiger partial charge in [0.05, 0.1) is 0 Å². The second-order valence-corrected chi connectivity index (χ2v) is 7.29. The van der Waals surface area contributed by atoms with Gasteiger partial charge in [0.25, 0.3) is 0 Å². The van der Waals surface area contributed by atoms with Crippen molar-refractivity contribution in [2.24, 2.45) is 22.2 Å². The minimum absolute atomic E-state index is 0.270. The maximum Gasteiger partial charge on any atom is 0.191 e. The molecule has 1 saturated carbocycles. The van der Waals surface area contributed by atoms with Gasteiger partial charge in [0, 0.05) is 26.2 Å². The fourth-order valence-electron chi connectivity index (χ4n) is 3.28. The lowest BCUT2D eigenvalue weighted by atomic mass is 9.67. The number of hydrogen-bond donors (Lipinski definition) is 3. The van der Waals surface area contributed by atoms with E-state index in [-0.39, 0.29) is 6.61 Å². The summed E-state index contributed by atoms with van der Waals surface area (Å²) in [7, 11) is 0. The first kappa shape index (κ1) is 19.3. The SMILES string of the molecule is CCNC(=NCC1(CC)CCC1)NCC(CCO)CC(C)C. The third-order valence-electron chi connectivity index (χ3n) is 4.98. The molecule has 0 aliphatic heterocycles. The molecule has 0 spiro atoms. The topological polar surface area (TPSA) is 56.7 Å². The Morgan fingerprint density at radius 1 is 1.23 bits per heavy atom. The van der Waals surface area contributed by atoms with Gasteiger partial charge in [0.15, 0.2) is 5.96 Å². The average molecular weight is 312 g/mol. The van der Waals surface area contributed by atoms with E-state index in [1.54, 1.807) is 0 Å². The quantitative estimate of drug-likeness (QED) is 0.429. The molecule has 0 aromatic rings. The molecule has 0 aromatic carbocycles. The fraction of sp³-hybridized carbons (Fsp3) is 0.944. The molecule has 0 amide bonds. The van der Waals surface area contributed by atoms with E-state index in [2.05, 4.69) is 38.3 Å². The van der Waals surface area contributed by atoms with E-state index in [1.165, 1.54) is 25.7 Å². The molecule has 1 fully saturated rings. The third-order valence-corrected chi connectivity index (χ3v) is 4.98. The maximum absolute atomic E-state index is 9.23. The van der Waals surface area contributed by atoms with Crippen molar-refractivity contribution in [2.75, 3.05) is 26.2 Å². The minimum atomic E-state index is 0.270. The summed E-state index contributed by atoms with van der Waals surface area (Å²) in [5, 5.41) is 16.1. The Balaban J connectivity index is 2.50. The van der Waals surface area contributed by atoms with E-state index in [4.69, 9.17) is 4.99 Å². The van der Waals surface area contributed by atoms with Gasteiger partial charge >= 0.3 is 0 Å². The largest absolute Gasteiger partial charge is 0.396 e. The van der Waals surface area contributed by atoms with Crippen molar-refractivity contribution in [3.05, 3.63) is 0 Å². The summed E-state index contributed by atoms with van der Waals surface area (Å²) < 4.78 is 0. The number of guanidine groups is 1. The molecule has 130 valence electrons. The molecule has 0 saturated heterocycles. The first-order chi connectivity index (χ1) is 10.5. The molecule has 1 unspecified atom stereocenters. The van der Waals surface area contributed by atoms with Crippen molar-refractivity contribution in [3.63, 3.8) is 0 Å². The van der Waals surface area contributed by atoms with E-state index in [9.17, 15) is 5.11 Å². The van der Waals surface area contributed by atoms with E-state index in [0.717, 1.165) is 38.4 Å². The third kappa shape index (κ3) is 6.55. The predicted molar refractivity (Wildman–Crippen MR) is 95.2 cm³/mol. The Labute approximate surface area is 137 Å². The molecule has 1 aliphatic carbocycles. The molecule has 3 N–H and O–H groups in total. The smallest absolute Gasteiger partial charge is 0.191 e. The van der Waals surface area contributed by atoms with Crippen molar-refractivity contribution in [2.45, 2.75) is 66.2 Å². The van der Waals surface area contributed by atoms with Crippen LogP contribution in [0.2, 0.25) is 0 Å². The van der Waals surface area contributed by atoms with Gasteiger partial charge < -0.3 is 15.7 Å². The Kier molecular flexibility index (Phi) is 8.84. The van der Waals surface area contributed by atoms with Gasteiger partial charge in [0.2, 0.25) is 0 Å². The zero-order chi connectivity index (χ0) is 16.4. The van der Waals surface area contributed by atoms with Gasteiger partial charge in [0.1, 0.15) is 0 Å². The summed E-state index contributed by atoms with van der Waals surface area (Å²) in [4.78, 5) is 4.82. The second kappa shape index (κ2) is 10.1. The van der Waals surface area contributed by atoms with Crippen LogP contribution in [0.15, 0.2) is 4.99 Å². The summed E-state index contributed by atoms with van der Waals surface area (Å²) >= 11 is 0. The molecule has 0 heterocycles. The van der Waals surface area contributed by atoms with Crippen LogP contribution in [-0.4, -0.2) is 37.3 Å². The lowest BCUT2D eigenvalue weighted by Crippen LogP contribution is -2.41. The predicted octanol–water partition coefficient (Wildman–Crippen LogP) is 3.17. The summed E-state index contributed by atoms with van der Waals surface area (Å²) in [5.74, 6) is 2.11. The highest BCUT2D eigenvalue weighted by atomic mass is 16.3. The zero-order valence-corrected chi connectivity index (χ0v) is 15.1. The molecular formula is C18H37N3O. The Morgan fingerprint density at radius 2 is 1.95 bits per heavy atom. The Bertz CT molecular complexity index is 319. The monoisotopic (exact) mass is 311 g/mol. The number of rotatable bonds is 10. The highest BCUT2D eigenvalue weighted by Gasteiger charge is 2.34. The molecule has 1 atom stereocenters. The molecule has 0 bridgehead atoms. The van der Waals surface area contributed by atoms with Crippen LogP contribution in [0, 0.1) is 17.3 Å². The number of nitrogens with zero attached hydrogens (tertiary/aromatic N) is 1. The summed E-state index contributed by atoms with van der Waals surface area (Å²) in [6, 6.07) is 0. The Hall–Kier alpha value is -0.770. The summed E-state index contributed by atoms with van der Waals surface area (Å²) in [6.45, 7) is 11.9. The minimum Gasteiger partial charge on any atom is -0.396 e. The normalized spacial score (nSPS) is 18.9. The van der Waals surface area contributed by atoms with E-state index >= 15 is 0 Å². The van der Waals surface area contributed by atoms with E-state index < -0.39 is 0 Å². The van der Waals surface area contributed by atoms with E-state index in [0.29, 0.717) is 17.3 Å². The number of aliphatic imine (C=N–C) groups is 1. The van der Waals surface area contributed by atoms with Gasteiger partial charge in [-0.15, -0.1) is 0 Å². The molecule has 1 rings (SSSR count). The van der Waals surface area contributed by atoms with Gasteiger partial charge in [-0.05, 0) is 56.3 Å². The molecular weight excluding hydrogens is 274 g/mol. The van der Waals surface area contributed by atoms with Gasteiger partial charge in [-0.2, -0.15) is 0 Å². The lowest BCUT2D eigenvalue weighted by Gasteiger charge is -2.40. The standard InChI is InChI=1S/C18H37N3O/c1-5-18(9-7-10-18)14-21-17(19-6-2)20-13-16(8-11-22)12-15(3)4/h15-16,22H,5-14H2,1-4H3,(H2,19,20,21). The lowest BCUT2D eigenvalue weighted by molar-refractivity contribution is 0.139. The summed E-state index contributed by atoms with van der Waals surface area (Å²) in [6.07, 6.45) is 7.26. The zero-order valence-electron chi connectivity index (χ0n) is 15.1. The Morgan fingerprint density at radius 3 is 2.41 bits per heavy atom. The van der Waals surface area contributed by atoms with Crippen molar-refractivity contribution >= 4 is 5.96 Å². The molecule has 4 heteroatoms. The van der Waals surface area contributed by atoms with Crippen LogP contribution in [0.4, 0.5) is 0 Å². The molecule has 4 nitrogen and oxygen atoms in total. The van der Waals surface area contributed by atoms with Gasteiger partial charge in [-0.1, -0.05) is 27.2 Å². The van der Waals surface area contributed by atoms with Crippen LogP contribution >= 0.6 is 0 Å². The van der Waals surface area contributed by atoms with Crippen LogP contribution in [0.3, 0.4) is 0 Å². The average Bonchev–Trinajstić information content (AvgIpc) is 2.43. The van der Waals surface area contributed by atoms with E-state index in [1.807, 2.05) is 0 Å². The van der Waals surface area contributed by atoms with Crippen molar-refractivity contribution in [1.82, 2.24) is 10.6 Å². The van der Waals surface area contributed by atoms with Crippen molar-refractivity contribution < 1.29 is 5.11 Å². The van der Waals surface area contributed by atoms with Crippen molar-refractivity contribution in [1.29, 1.82) is 0 Å². The number of aliphatic hydroxyl groups excluding tert-OH is 1. The van der Waals surface area contributed by atoms with Crippen LogP contribution in [0.1, 0.15) is 66.2 Å². The number of nitrogens with one attached hydrogen (secondary N) is 2. The molecule has 22 heavy (non-hydrogen) atoms. The van der Waals surface area contributed by atoms with Crippen LogP contribution in [0.5, 0.6) is 0 Å². The van der Waals surface area contributed by atoms with Crippen LogP contribution < -0.4 is 10.6 Å². The van der Waals surface area contributed by atoms with Crippen LogP contribution in [-0.2, 0) is 0 Å². The van der Waals surface area contributed by atoms with Crippen molar-refractivity contribution in [3.8, 4) is 0 Å². The first-order valence-corrected chi connectivity index (χ1v) is 9.18. The molecule has 0 aromatic heterocycles. The number of aliphatic hydroxyl groups is 1. The van der Waals surface area contributed by atoms with Gasteiger partial charge in [-0.25, -0.2) is 0 Å². The molecule has 1 aliphatic rings. The number of hydrogen-bond acceptors (Lipinski definition) is 2. The molecule has 0 radical (unpaired) electrons. The maximum atomic E-state index is 9.23. The van der Waals surface area contributed by atoms with Crippen LogP contribution in [0.25, 0.3) is 0 Å².